The van der Waals surface area contributed by atoms with Gasteiger partial charge in [-0.15, -0.1) is 0 Å². The highest BCUT2D eigenvalue weighted by molar-refractivity contribution is 5.75. The Morgan fingerprint density at radius 2 is 1.71 bits per heavy atom. The Morgan fingerprint density at radius 3 is 2.36 bits per heavy atom. The van der Waals surface area contributed by atoms with Crippen LogP contribution < -0.4 is 15.5 Å². The van der Waals surface area contributed by atoms with Crippen LogP contribution in [0.5, 0.6) is 11.5 Å². The molecule has 0 atom stereocenters. The fourth-order valence-electron chi connectivity index (χ4n) is 2.56. The highest BCUT2D eigenvalue weighted by atomic mass is 16.5. The van der Waals surface area contributed by atoms with Gasteiger partial charge < -0.3 is 19.6 Å². The molecule has 1 aromatic heterocycles. The van der Waals surface area contributed by atoms with Crippen molar-refractivity contribution in [1.29, 1.82) is 0 Å². The lowest BCUT2D eigenvalue weighted by Gasteiger charge is -2.08. The minimum Gasteiger partial charge on any atom is -0.502 e. The lowest BCUT2D eigenvalue weighted by atomic mass is 10.0. The maximum Gasteiger partial charge on any atom is 0.226 e. The number of carbonyl (C=O) groups is 1. The summed E-state index contributed by atoms with van der Waals surface area (Å²) in [5, 5.41) is 11.8. The van der Waals surface area contributed by atoms with Gasteiger partial charge in [-0.1, -0.05) is 42.0 Å². The first-order valence-corrected chi connectivity index (χ1v) is 8.88. The second-order valence-corrected chi connectivity index (χ2v) is 6.36. The van der Waals surface area contributed by atoms with Crippen molar-refractivity contribution in [2.24, 2.45) is 0 Å². The summed E-state index contributed by atoms with van der Waals surface area (Å²) in [6.07, 6.45) is 1.12. The SMILES string of the molecule is Cc1ccc(-c2ccc(OCCC(=O)NCc3cc(=O)c(O)co3)cc2)cc1. The molecule has 0 saturated heterocycles. The lowest BCUT2D eigenvalue weighted by Crippen LogP contribution is -2.24. The molecule has 0 fully saturated rings. The van der Waals surface area contributed by atoms with Crippen molar-refractivity contribution < 1.29 is 19.1 Å². The standard InChI is InChI=1S/C22H21NO5/c1-15-2-4-16(5-3-15)17-6-8-18(9-7-17)27-11-10-22(26)23-13-19-12-20(24)21(25)14-28-19/h2-9,12,14,25H,10-11,13H2,1H3,(H,23,26). The van der Waals surface area contributed by atoms with Crippen molar-refractivity contribution in [2.75, 3.05) is 6.61 Å². The van der Waals surface area contributed by atoms with Crippen molar-refractivity contribution >= 4 is 5.91 Å². The number of rotatable bonds is 7. The van der Waals surface area contributed by atoms with Gasteiger partial charge in [0.1, 0.15) is 17.8 Å². The van der Waals surface area contributed by atoms with Crippen LogP contribution in [0.3, 0.4) is 0 Å². The Hall–Kier alpha value is -3.54. The number of ether oxygens (including phenoxy) is 1. The fourth-order valence-corrected chi connectivity index (χ4v) is 2.56. The van der Waals surface area contributed by atoms with Gasteiger partial charge in [0.2, 0.25) is 11.3 Å². The Balaban J connectivity index is 1.44. The molecule has 2 N–H and O–H groups in total. The molecule has 0 saturated carbocycles. The van der Waals surface area contributed by atoms with E-state index < -0.39 is 11.2 Å². The van der Waals surface area contributed by atoms with E-state index in [2.05, 4.69) is 36.5 Å². The first kappa shape index (κ1) is 19.2. The molecule has 28 heavy (non-hydrogen) atoms. The van der Waals surface area contributed by atoms with Gasteiger partial charge in [0.15, 0.2) is 5.75 Å². The Morgan fingerprint density at radius 1 is 1.07 bits per heavy atom. The second kappa shape index (κ2) is 8.90. The molecule has 0 aliphatic rings. The molecule has 0 aliphatic heterocycles. The van der Waals surface area contributed by atoms with E-state index in [1.165, 1.54) is 5.56 Å². The minimum absolute atomic E-state index is 0.0690. The van der Waals surface area contributed by atoms with Gasteiger partial charge in [-0.3, -0.25) is 9.59 Å². The highest BCUT2D eigenvalue weighted by Crippen LogP contribution is 2.22. The predicted octanol–water partition coefficient (Wildman–Crippen LogP) is 3.41. The molecule has 1 heterocycles. The number of aromatic hydroxyl groups is 1. The number of benzene rings is 2. The first-order chi connectivity index (χ1) is 13.5. The van der Waals surface area contributed by atoms with Crippen LogP contribution in [0, 0.1) is 6.92 Å². The van der Waals surface area contributed by atoms with Crippen LogP contribution in [-0.2, 0) is 11.3 Å². The highest BCUT2D eigenvalue weighted by Gasteiger charge is 2.06. The molecule has 6 heteroatoms. The van der Waals surface area contributed by atoms with Crippen LogP contribution in [0.2, 0.25) is 0 Å². The Bertz CT molecular complexity index is 991. The van der Waals surface area contributed by atoms with E-state index in [1.54, 1.807) is 0 Å². The molecule has 3 aromatic rings. The maximum atomic E-state index is 11.9. The third-order valence-corrected chi connectivity index (χ3v) is 4.16. The normalized spacial score (nSPS) is 10.5. The summed E-state index contributed by atoms with van der Waals surface area (Å²) in [6.45, 7) is 2.35. The number of hydrogen-bond donors (Lipinski definition) is 2. The van der Waals surface area contributed by atoms with E-state index in [-0.39, 0.29) is 31.2 Å². The fraction of sp³-hybridized carbons (Fsp3) is 0.182. The molecule has 0 unspecified atom stereocenters. The zero-order chi connectivity index (χ0) is 19.9. The first-order valence-electron chi connectivity index (χ1n) is 8.88. The van der Waals surface area contributed by atoms with E-state index in [0.717, 1.165) is 23.5 Å². The molecular formula is C22H21NO5. The largest absolute Gasteiger partial charge is 0.502 e. The van der Waals surface area contributed by atoms with E-state index in [1.807, 2.05) is 24.3 Å². The zero-order valence-electron chi connectivity index (χ0n) is 15.5. The minimum atomic E-state index is -0.548. The van der Waals surface area contributed by atoms with E-state index in [4.69, 9.17) is 14.3 Å². The van der Waals surface area contributed by atoms with Crippen molar-refractivity contribution in [3.63, 3.8) is 0 Å². The summed E-state index contributed by atoms with van der Waals surface area (Å²) in [5.41, 5.74) is 2.90. The molecular weight excluding hydrogens is 358 g/mol. The zero-order valence-corrected chi connectivity index (χ0v) is 15.5. The van der Waals surface area contributed by atoms with Gasteiger partial charge in [0, 0.05) is 6.07 Å². The predicted molar refractivity (Wildman–Crippen MR) is 105 cm³/mol. The molecule has 0 aliphatic carbocycles. The summed E-state index contributed by atoms with van der Waals surface area (Å²) in [7, 11) is 0. The molecule has 2 aromatic carbocycles. The topological polar surface area (TPSA) is 88.8 Å². The average molecular weight is 379 g/mol. The van der Waals surface area contributed by atoms with Gasteiger partial charge in [0.05, 0.1) is 19.6 Å². The number of carbonyl (C=O) groups excluding carboxylic acids is 1. The third kappa shape index (κ3) is 5.23. The van der Waals surface area contributed by atoms with Gasteiger partial charge in [-0.25, -0.2) is 0 Å². The van der Waals surface area contributed by atoms with Gasteiger partial charge >= 0.3 is 0 Å². The molecule has 0 bridgehead atoms. The van der Waals surface area contributed by atoms with Crippen molar-refractivity contribution in [3.05, 3.63) is 82.4 Å². The summed E-state index contributed by atoms with van der Waals surface area (Å²) in [6, 6.07) is 17.1. The number of aryl methyl sites for hydroxylation is 1. The molecule has 3 rings (SSSR count). The van der Waals surface area contributed by atoms with E-state index >= 15 is 0 Å². The van der Waals surface area contributed by atoms with Crippen LogP contribution in [0.1, 0.15) is 17.7 Å². The van der Waals surface area contributed by atoms with Crippen molar-refractivity contribution in [3.8, 4) is 22.6 Å². The summed E-state index contributed by atoms with van der Waals surface area (Å²) in [5.74, 6) is 0.265. The number of amides is 1. The summed E-state index contributed by atoms with van der Waals surface area (Å²) < 4.78 is 10.6. The molecule has 1 amide bonds. The van der Waals surface area contributed by atoms with E-state index in [9.17, 15) is 9.59 Å². The van der Waals surface area contributed by atoms with Gasteiger partial charge in [0.25, 0.3) is 0 Å². The maximum absolute atomic E-state index is 11.9. The second-order valence-electron chi connectivity index (χ2n) is 6.36. The monoisotopic (exact) mass is 379 g/mol. The molecule has 0 spiro atoms. The lowest BCUT2D eigenvalue weighted by molar-refractivity contribution is -0.121. The average Bonchev–Trinajstić information content (AvgIpc) is 2.70. The van der Waals surface area contributed by atoms with Crippen LogP contribution in [0.15, 0.2) is 70.1 Å². The smallest absolute Gasteiger partial charge is 0.226 e. The van der Waals surface area contributed by atoms with Crippen LogP contribution in [-0.4, -0.2) is 17.6 Å². The third-order valence-electron chi connectivity index (χ3n) is 4.16. The van der Waals surface area contributed by atoms with Crippen LogP contribution in [0.25, 0.3) is 11.1 Å². The van der Waals surface area contributed by atoms with Gasteiger partial charge in [-0.2, -0.15) is 0 Å². The quantitative estimate of drug-likeness (QED) is 0.657. The van der Waals surface area contributed by atoms with Crippen LogP contribution in [0.4, 0.5) is 0 Å². The Kier molecular flexibility index (Phi) is 6.11. The summed E-state index contributed by atoms with van der Waals surface area (Å²) in [4.78, 5) is 23.2. The van der Waals surface area contributed by atoms with Crippen LogP contribution >= 0.6 is 0 Å². The van der Waals surface area contributed by atoms with E-state index in [0.29, 0.717) is 5.75 Å². The number of nitrogens with one attached hydrogen (secondary N) is 1. The molecule has 144 valence electrons. The van der Waals surface area contributed by atoms with Gasteiger partial charge in [-0.05, 0) is 30.2 Å². The van der Waals surface area contributed by atoms with Crippen molar-refractivity contribution in [1.82, 2.24) is 5.32 Å². The number of hydrogen-bond acceptors (Lipinski definition) is 5. The van der Waals surface area contributed by atoms with Crippen molar-refractivity contribution in [2.45, 2.75) is 19.9 Å². The molecule has 0 radical (unpaired) electrons. The Labute approximate surface area is 162 Å². The summed E-state index contributed by atoms with van der Waals surface area (Å²) >= 11 is 0. The molecule has 6 nitrogen and oxygen atoms in total.